The van der Waals surface area contributed by atoms with Crippen molar-refractivity contribution in [2.45, 2.75) is 37.0 Å². The third kappa shape index (κ3) is 3.28. The molecular weight excluding hydrogens is 314 g/mol. The van der Waals surface area contributed by atoms with Gasteiger partial charge in [-0.05, 0) is 34.2 Å². The average molecular weight is 332 g/mol. The number of aromatic nitrogens is 3. The summed E-state index contributed by atoms with van der Waals surface area (Å²) in [5, 5.41) is 2.21. The van der Waals surface area contributed by atoms with Gasteiger partial charge in [-0.3, -0.25) is 0 Å². The van der Waals surface area contributed by atoms with Crippen LogP contribution in [-0.4, -0.2) is 15.0 Å². The molecule has 0 aliphatic heterocycles. The number of thioether (sulfide) groups is 1. The lowest BCUT2D eigenvalue weighted by Gasteiger charge is -2.19. The quantitative estimate of drug-likeness (QED) is 0.407. The zero-order valence-corrected chi connectivity index (χ0v) is 14.4. The number of aromatic amines is 1. The highest BCUT2D eigenvalue weighted by molar-refractivity contribution is 7.98. The molecule has 22 heavy (non-hydrogen) atoms. The van der Waals surface area contributed by atoms with E-state index < -0.39 is 0 Å². The van der Waals surface area contributed by atoms with E-state index in [0.29, 0.717) is 0 Å². The van der Waals surface area contributed by atoms with Crippen LogP contribution in [-0.2, 0) is 11.2 Å². The van der Waals surface area contributed by atoms with Crippen LogP contribution in [0.5, 0.6) is 0 Å². The number of hydrogen-bond donors (Lipinski definition) is 1. The molecule has 0 bridgehead atoms. The summed E-state index contributed by atoms with van der Waals surface area (Å²) in [7, 11) is 0. The molecule has 1 N–H and O–H groups in total. The second kappa shape index (κ2) is 5.94. The van der Waals surface area contributed by atoms with Gasteiger partial charge in [-0.15, -0.1) is 11.8 Å². The van der Waals surface area contributed by atoms with Crippen molar-refractivity contribution in [2.24, 2.45) is 0 Å². The van der Waals surface area contributed by atoms with Crippen LogP contribution in [0.4, 0.5) is 0 Å². The molecule has 0 aliphatic carbocycles. The van der Waals surface area contributed by atoms with Gasteiger partial charge < -0.3 is 4.98 Å². The Morgan fingerprint density at radius 1 is 1.09 bits per heavy atom. The summed E-state index contributed by atoms with van der Waals surface area (Å²) < 4.78 is 0. The smallest absolute Gasteiger partial charge is 0.225 e. The molecule has 0 aliphatic rings. The summed E-state index contributed by atoms with van der Waals surface area (Å²) in [6.45, 7) is 6.67. The lowest BCUT2D eigenvalue weighted by atomic mass is 9.87. The fourth-order valence-electron chi connectivity index (χ4n) is 2.25. The zero-order chi connectivity index (χ0) is 15.7. The highest BCUT2D eigenvalue weighted by Crippen LogP contribution is 2.29. The first-order valence-corrected chi connectivity index (χ1v) is 8.53. The molecule has 2 aromatic heterocycles. The lowest BCUT2D eigenvalue weighted by Crippen LogP contribution is -2.10. The predicted octanol–water partition coefficient (Wildman–Crippen LogP) is 5.20. The first kappa shape index (κ1) is 15.4. The van der Waals surface area contributed by atoms with Crippen molar-refractivity contribution in [3.05, 3.63) is 52.9 Å². The van der Waals surface area contributed by atoms with Gasteiger partial charge in [0.15, 0.2) is 0 Å². The van der Waals surface area contributed by atoms with E-state index in [1.807, 2.05) is 12.3 Å². The largest absolute Gasteiger partial charge is 0.346 e. The average Bonchev–Trinajstić information content (AvgIpc) is 2.92. The van der Waals surface area contributed by atoms with Crippen LogP contribution >= 0.6 is 23.4 Å². The number of H-pyrrole nitrogens is 1. The number of rotatable bonds is 3. The molecule has 0 amide bonds. The number of nitrogens with zero attached hydrogens (tertiary/aromatic N) is 2. The van der Waals surface area contributed by atoms with E-state index in [1.165, 1.54) is 11.1 Å². The zero-order valence-electron chi connectivity index (χ0n) is 12.9. The van der Waals surface area contributed by atoms with Gasteiger partial charge in [0.2, 0.25) is 5.28 Å². The maximum atomic E-state index is 5.98. The summed E-state index contributed by atoms with van der Waals surface area (Å²) in [6.07, 6.45) is 1.86. The highest BCUT2D eigenvalue weighted by atomic mass is 35.5. The van der Waals surface area contributed by atoms with Crippen LogP contribution in [0.25, 0.3) is 11.0 Å². The van der Waals surface area contributed by atoms with E-state index in [1.54, 1.807) is 11.8 Å². The molecule has 3 aromatic rings. The molecule has 1 aromatic carbocycles. The topological polar surface area (TPSA) is 41.6 Å². The van der Waals surface area contributed by atoms with Crippen molar-refractivity contribution >= 4 is 34.4 Å². The molecular formula is C17H18ClN3S. The maximum absolute atomic E-state index is 5.98. The number of hydrogen-bond acceptors (Lipinski definition) is 3. The van der Waals surface area contributed by atoms with Crippen LogP contribution in [0.1, 0.15) is 31.9 Å². The summed E-state index contributed by atoms with van der Waals surface area (Å²) in [4.78, 5) is 11.6. The van der Waals surface area contributed by atoms with E-state index in [9.17, 15) is 0 Å². The van der Waals surface area contributed by atoms with Crippen molar-refractivity contribution in [2.75, 3.05) is 0 Å². The second-order valence-electron chi connectivity index (χ2n) is 6.27. The Balaban J connectivity index is 1.78. The number of nitrogens with one attached hydrogen (secondary N) is 1. The minimum Gasteiger partial charge on any atom is -0.346 e. The third-order valence-electron chi connectivity index (χ3n) is 3.55. The van der Waals surface area contributed by atoms with E-state index in [-0.39, 0.29) is 10.7 Å². The first-order chi connectivity index (χ1) is 10.4. The SMILES string of the molecule is CC(C)(C)c1ccc(CSc2nc(Cl)nc3[nH]ccc23)cc1. The van der Waals surface area contributed by atoms with E-state index in [2.05, 4.69) is 60.0 Å². The molecule has 5 heteroatoms. The standard InChI is InChI=1S/C17H18ClN3S/c1-17(2,3)12-6-4-11(5-7-12)10-22-15-13-8-9-19-14(13)20-16(18)21-15/h4-9H,10H2,1-3H3,(H,19,20,21). The Hall–Kier alpha value is -1.52. The van der Waals surface area contributed by atoms with Crippen molar-refractivity contribution in [1.29, 1.82) is 0 Å². The lowest BCUT2D eigenvalue weighted by molar-refractivity contribution is 0.590. The fourth-order valence-corrected chi connectivity index (χ4v) is 3.44. The Bertz CT molecular complexity index is 788. The number of benzene rings is 1. The van der Waals surface area contributed by atoms with Gasteiger partial charge in [0.25, 0.3) is 0 Å². The molecule has 0 atom stereocenters. The van der Waals surface area contributed by atoms with Crippen LogP contribution in [0.2, 0.25) is 5.28 Å². The van der Waals surface area contributed by atoms with Crippen molar-refractivity contribution in [3.63, 3.8) is 0 Å². The van der Waals surface area contributed by atoms with Gasteiger partial charge >= 0.3 is 0 Å². The van der Waals surface area contributed by atoms with Gasteiger partial charge in [-0.2, -0.15) is 4.98 Å². The summed E-state index contributed by atoms with van der Waals surface area (Å²) in [6, 6.07) is 10.8. The molecule has 0 unspecified atom stereocenters. The molecule has 0 fully saturated rings. The summed E-state index contributed by atoms with van der Waals surface area (Å²) in [5.74, 6) is 0.859. The fraction of sp³-hybridized carbons (Fsp3) is 0.294. The number of halogens is 1. The first-order valence-electron chi connectivity index (χ1n) is 7.16. The van der Waals surface area contributed by atoms with Crippen LogP contribution < -0.4 is 0 Å². The van der Waals surface area contributed by atoms with E-state index >= 15 is 0 Å². The Labute approximate surface area is 139 Å². The molecule has 2 heterocycles. The minimum absolute atomic E-state index is 0.184. The van der Waals surface area contributed by atoms with Gasteiger partial charge in [0.1, 0.15) is 10.7 Å². The highest BCUT2D eigenvalue weighted by Gasteiger charge is 2.13. The normalized spacial score (nSPS) is 12.0. The number of fused-ring (bicyclic) bond motifs is 1. The molecule has 0 saturated heterocycles. The van der Waals surface area contributed by atoms with Gasteiger partial charge in [-0.1, -0.05) is 45.0 Å². The molecule has 114 valence electrons. The monoisotopic (exact) mass is 331 g/mol. The minimum atomic E-state index is 0.184. The van der Waals surface area contributed by atoms with Crippen LogP contribution in [0.15, 0.2) is 41.6 Å². The molecule has 0 saturated carbocycles. The molecule has 3 nitrogen and oxygen atoms in total. The van der Waals surface area contributed by atoms with Gasteiger partial charge in [-0.25, -0.2) is 4.98 Å². The maximum Gasteiger partial charge on any atom is 0.225 e. The summed E-state index contributed by atoms with van der Waals surface area (Å²) in [5.41, 5.74) is 3.59. The Kier molecular flexibility index (Phi) is 4.15. The van der Waals surface area contributed by atoms with Gasteiger partial charge in [0.05, 0.1) is 5.39 Å². The van der Waals surface area contributed by atoms with E-state index in [4.69, 9.17) is 11.6 Å². The molecule has 0 radical (unpaired) electrons. The van der Waals surface area contributed by atoms with Crippen molar-refractivity contribution in [1.82, 2.24) is 15.0 Å². The van der Waals surface area contributed by atoms with Crippen LogP contribution in [0, 0.1) is 0 Å². The van der Waals surface area contributed by atoms with Crippen molar-refractivity contribution in [3.8, 4) is 0 Å². The Morgan fingerprint density at radius 3 is 2.50 bits per heavy atom. The Morgan fingerprint density at radius 2 is 1.82 bits per heavy atom. The summed E-state index contributed by atoms with van der Waals surface area (Å²) >= 11 is 7.66. The third-order valence-corrected chi connectivity index (χ3v) is 4.78. The van der Waals surface area contributed by atoms with E-state index in [0.717, 1.165) is 21.8 Å². The van der Waals surface area contributed by atoms with Gasteiger partial charge in [0, 0.05) is 11.9 Å². The second-order valence-corrected chi connectivity index (χ2v) is 7.58. The molecule has 3 rings (SSSR count). The van der Waals surface area contributed by atoms with Crippen molar-refractivity contribution < 1.29 is 0 Å². The molecule has 0 spiro atoms. The van der Waals surface area contributed by atoms with Crippen LogP contribution in [0.3, 0.4) is 0 Å². The predicted molar refractivity (Wildman–Crippen MR) is 93.6 cm³/mol.